The summed E-state index contributed by atoms with van der Waals surface area (Å²) in [7, 11) is -2.14. The zero-order valence-electron chi connectivity index (χ0n) is 20.2. The van der Waals surface area contributed by atoms with Crippen LogP contribution in [0.15, 0.2) is 89.8 Å². The number of amides is 1. The minimum absolute atomic E-state index is 0.0277. The standard InChI is InChI=1S/C28H31N3O3S/c1-23-10-16-27(17-11-23)35(33,34)29(2)26-14-12-25(13-15-26)28(32)31-21-19-30(20-22-31)18-6-9-24-7-4-3-5-8-24/h3-17H,18-22H2,1-2H3/b9-6+. The van der Waals surface area contributed by atoms with E-state index in [9.17, 15) is 13.2 Å². The van der Waals surface area contributed by atoms with Crippen molar-refractivity contribution >= 4 is 27.7 Å². The Morgan fingerprint density at radius 2 is 1.51 bits per heavy atom. The number of carbonyl (C=O) groups is 1. The maximum Gasteiger partial charge on any atom is 0.264 e. The van der Waals surface area contributed by atoms with Crippen molar-refractivity contribution in [1.29, 1.82) is 0 Å². The van der Waals surface area contributed by atoms with Gasteiger partial charge in [-0.25, -0.2) is 8.42 Å². The second-order valence-electron chi connectivity index (χ2n) is 8.74. The number of piperazine rings is 1. The van der Waals surface area contributed by atoms with E-state index in [2.05, 4.69) is 29.2 Å². The fraction of sp³-hybridized carbons (Fsp3) is 0.250. The predicted octanol–water partition coefficient (Wildman–Crippen LogP) is 4.29. The third-order valence-corrected chi connectivity index (χ3v) is 8.09. The molecule has 0 bridgehead atoms. The van der Waals surface area contributed by atoms with E-state index < -0.39 is 10.0 Å². The number of anilines is 1. The molecule has 0 aliphatic carbocycles. The van der Waals surface area contributed by atoms with Crippen molar-refractivity contribution in [2.24, 2.45) is 0 Å². The van der Waals surface area contributed by atoms with Crippen LogP contribution in [0.5, 0.6) is 0 Å². The van der Waals surface area contributed by atoms with Gasteiger partial charge in [0.15, 0.2) is 0 Å². The Morgan fingerprint density at radius 1 is 0.886 bits per heavy atom. The maximum absolute atomic E-state index is 13.0. The van der Waals surface area contributed by atoms with Crippen LogP contribution in [0.3, 0.4) is 0 Å². The number of rotatable bonds is 7. The van der Waals surface area contributed by atoms with Crippen molar-refractivity contribution in [3.63, 3.8) is 0 Å². The minimum atomic E-state index is -3.67. The summed E-state index contributed by atoms with van der Waals surface area (Å²) in [6.07, 6.45) is 4.28. The molecular weight excluding hydrogens is 458 g/mol. The van der Waals surface area contributed by atoms with Gasteiger partial charge in [-0.05, 0) is 48.9 Å². The first-order chi connectivity index (χ1) is 16.8. The Bertz CT molecular complexity index is 1260. The van der Waals surface area contributed by atoms with Gasteiger partial charge in [-0.1, -0.05) is 60.2 Å². The van der Waals surface area contributed by atoms with E-state index in [0.717, 1.165) is 25.2 Å². The fourth-order valence-electron chi connectivity index (χ4n) is 4.04. The van der Waals surface area contributed by atoms with E-state index in [4.69, 9.17) is 0 Å². The fourth-order valence-corrected chi connectivity index (χ4v) is 5.23. The van der Waals surface area contributed by atoms with Crippen molar-refractivity contribution in [3.8, 4) is 0 Å². The van der Waals surface area contributed by atoms with Gasteiger partial charge in [0.05, 0.1) is 10.6 Å². The molecule has 1 aliphatic heterocycles. The highest BCUT2D eigenvalue weighted by atomic mass is 32.2. The molecular formula is C28H31N3O3S. The normalized spacial score (nSPS) is 14.9. The minimum Gasteiger partial charge on any atom is -0.336 e. The molecule has 0 atom stereocenters. The number of benzene rings is 3. The van der Waals surface area contributed by atoms with Crippen LogP contribution in [-0.2, 0) is 10.0 Å². The summed E-state index contributed by atoms with van der Waals surface area (Å²) in [6, 6.07) is 23.8. The van der Waals surface area contributed by atoms with Gasteiger partial charge in [-0.3, -0.25) is 14.0 Å². The van der Waals surface area contributed by atoms with Crippen molar-refractivity contribution < 1.29 is 13.2 Å². The van der Waals surface area contributed by atoms with Gasteiger partial charge in [0.2, 0.25) is 0 Å². The molecule has 0 spiro atoms. The van der Waals surface area contributed by atoms with Gasteiger partial charge >= 0.3 is 0 Å². The lowest BCUT2D eigenvalue weighted by molar-refractivity contribution is 0.0650. The number of nitrogens with zero attached hydrogens (tertiary/aromatic N) is 3. The molecule has 0 aromatic heterocycles. The summed E-state index contributed by atoms with van der Waals surface area (Å²) in [6.45, 7) is 5.75. The molecule has 1 amide bonds. The highest BCUT2D eigenvalue weighted by Crippen LogP contribution is 2.23. The van der Waals surface area contributed by atoms with Crippen molar-refractivity contribution in [1.82, 2.24) is 9.80 Å². The Hall–Kier alpha value is -3.42. The third-order valence-electron chi connectivity index (χ3n) is 6.29. The summed E-state index contributed by atoms with van der Waals surface area (Å²) < 4.78 is 27.1. The van der Waals surface area contributed by atoms with Crippen LogP contribution in [0.25, 0.3) is 6.08 Å². The van der Waals surface area contributed by atoms with E-state index >= 15 is 0 Å². The molecule has 1 heterocycles. The molecule has 35 heavy (non-hydrogen) atoms. The summed E-state index contributed by atoms with van der Waals surface area (Å²) in [4.78, 5) is 17.4. The molecule has 0 radical (unpaired) electrons. The monoisotopic (exact) mass is 489 g/mol. The summed E-state index contributed by atoms with van der Waals surface area (Å²) in [5.74, 6) is -0.0277. The Labute approximate surface area is 208 Å². The molecule has 1 saturated heterocycles. The number of hydrogen-bond donors (Lipinski definition) is 0. The van der Waals surface area contributed by atoms with Crippen LogP contribution in [0.1, 0.15) is 21.5 Å². The Balaban J connectivity index is 1.33. The molecule has 3 aromatic rings. The van der Waals surface area contributed by atoms with Crippen LogP contribution in [0.2, 0.25) is 0 Å². The first kappa shape index (κ1) is 24.7. The van der Waals surface area contributed by atoms with Gasteiger partial charge in [0, 0.05) is 45.3 Å². The predicted molar refractivity (Wildman–Crippen MR) is 141 cm³/mol. The smallest absolute Gasteiger partial charge is 0.264 e. The number of carbonyl (C=O) groups excluding carboxylic acids is 1. The van der Waals surface area contributed by atoms with Gasteiger partial charge in [0.25, 0.3) is 15.9 Å². The van der Waals surface area contributed by atoms with Crippen LogP contribution < -0.4 is 4.31 Å². The largest absolute Gasteiger partial charge is 0.336 e. The van der Waals surface area contributed by atoms with E-state index in [0.29, 0.717) is 24.3 Å². The number of hydrogen-bond acceptors (Lipinski definition) is 4. The molecule has 1 fully saturated rings. The molecule has 0 unspecified atom stereocenters. The quantitative estimate of drug-likeness (QED) is 0.497. The van der Waals surface area contributed by atoms with Crippen molar-refractivity contribution in [2.75, 3.05) is 44.1 Å². The van der Waals surface area contributed by atoms with Crippen LogP contribution in [0, 0.1) is 6.92 Å². The van der Waals surface area contributed by atoms with Gasteiger partial charge in [-0.2, -0.15) is 0 Å². The SMILES string of the molecule is Cc1ccc(S(=O)(=O)N(C)c2ccc(C(=O)N3CCN(C/C=C/c4ccccc4)CC3)cc2)cc1. The first-order valence-electron chi connectivity index (χ1n) is 11.7. The van der Waals surface area contributed by atoms with Crippen molar-refractivity contribution in [3.05, 3.63) is 102 Å². The zero-order chi connectivity index (χ0) is 24.8. The molecule has 1 aliphatic rings. The van der Waals surface area contributed by atoms with Crippen molar-refractivity contribution in [2.45, 2.75) is 11.8 Å². The molecule has 7 heteroatoms. The van der Waals surface area contributed by atoms with E-state index in [1.54, 1.807) is 48.5 Å². The molecule has 0 saturated carbocycles. The van der Waals surface area contributed by atoms with Gasteiger partial charge < -0.3 is 4.90 Å². The second kappa shape index (κ2) is 10.9. The molecule has 6 nitrogen and oxygen atoms in total. The molecule has 3 aromatic carbocycles. The first-order valence-corrected chi connectivity index (χ1v) is 13.2. The second-order valence-corrected chi connectivity index (χ2v) is 10.7. The highest BCUT2D eigenvalue weighted by molar-refractivity contribution is 7.92. The average Bonchev–Trinajstić information content (AvgIpc) is 2.89. The average molecular weight is 490 g/mol. The Kier molecular flexibility index (Phi) is 7.68. The van der Waals surface area contributed by atoms with Gasteiger partial charge in [-0.15, -0.1) is 0 Å². The summed E-state index contributed by atoms with van der Waals surface area (Å²) in [5.41, 5.74) is 3.26. The van der Waals surface area contributed by atoms with Crippen LogP contribution in [-0.4, -0.2) is 63.9 Å². The number of sulfonamides is 1. The van der Waals surface area contributed by atoms with Crippen LogP contribution in [0.4, 0.5) is 5.69 Å². The maximum atomic E-state index is 13.0. The highest BCUT2D eigenvalue weighted by Gasteiger charge is 2.24. The summed E-state index contributed by atoms with van der Waals surface area (Å²) in [5, 5.41) is 0. The van der Waals surface area contributed by atoms with Crippen LogP contribution >= 0.6 is 0 Å². The van der Waals surface area contributed by atoms with E-state index in [1.165, 1.54) is 16.9 Å². The lowest BCUT2D eigenvalue weighted by atomic mass is 10.1. The number of aryl methyl sites for hydroxylation is 1. The Morgan fingerprint density at radius 3 is 2.14 bits per heavy atom. The van der Waals surface area contributed by atoms with Gasteiger partial charge in [0.1, 0.15) is 0 Å². The third kappa shape index (κ3) is 5.99. The van der Waals surface area contributed by atoms with E-state index in [-0.39, 0.29) is 10.8 Å². The summed E-state index contributed by atoms with van der Waals surface area (Å²) >= 11 is 0. The lowest BCUT2D eigenvalue weighted by Crippen LogP contribution is -2.48. The lowest BCUT2D eigenvalue weighted by Gasteiger charge is -2.34. The molecule has 182 valence electrons. The topological polar surface area (TPSA) is 60.9 Å². The zero-order valence-corrected chi connectivity index (χ0v) is 21.0. The van der Waals surface area contributed by atoms with E-state index in [1.807, 2.05) is 30.0 Å². The molecule has 0 N–H and O–H groups in total. The molecule has 4 rings (SSSR count).